The highest BCUT2D eigenvalue weighted by atomic mass is 79.9. The largest absolute Gasteiger partial charge is 0.377 e. The van der Waals surface area contributed by atoms with Crippen LogP contribution in [0.5, 0.6) is 0 Å². The van der Waals surface area contributed by atoms with E-state index in [1.807, 2.05) is 38.4 Å². The predicted octanol–water partition coefficient (Wildman–Crippen LogP) is 6.41. The highest BCUT2D eigenvalue weighted by Crippen LogP contribution is 2.42. The summed E-state index contributed by atoms with van der Waals surface area (Å²) in [5.74, 6) is 0.663. The van der Waals surface area contributed by atoms with Crippen molar-refractivity contribution in [2.75, 3.05) is 24.3 Å². The number of carbonyl (C=O) groups is 1. The van der Waals surface area contributed by atoms with Crippen LogP contribution >= 0.6 is 27.7 Å². The molecule has 0 radical (unpaired) electrons. The van der Waals surface area contributed by atoms with Crippen LogP contribution in [0.1, 0.15) is 38.2 Å². The number of para-hydroxylation sites is 1. The first kappa shape index (κ1) is 22.3. The van der Waals surface area contributed by atoms with Gasteiger partial charge in [0.15, 0.2) is 5.50 Å². The summed E-state index contributed by atoms with van der Waals surface area (Å²) in [6.07, 6.45) is 6.76. The van der Waals surface area contributed by atoms with E-state index in [4.69, 9.17) is 0 Å². The van der Waals surface area contributed by atoms with E-state index in [9.17, 15) is 4.79 Å². The molecule has 1 saturated carbocycles. The summed E-state index contributed by atoms with van der Waals surface area (Å²) in [6.45, 7) is 2.29. The average molecular weight is 501 g/mol. The Morgan fingerprint density at radius 1 is 1.13 bits per heavy atom. The molecule has 1 saturated heterocycles. The van der Waals surface area contributed by atoms with Gasteiger partial charge in [0.25, 0.3) is 5.91 Å². The summed E-state index contributed by atoms with van der Waals surface area (Å²) in [5.41, 5.74) is 3.11. The fraction of sp³-hybridized carbons (Fsp3) is 0.400. The van der Waals surface area contributed by atoms with Gasteiger partial charge in [0.05, 0.1) is 10.6 Å². The van der Waals surface area contributed by atoms with E-state index in [1.54, 1.807) is 11.8 Å². The van der Waals surface area contributed by atoms with Crippen molar-refractivity contribution in [3.05, 3.63) is 63.5 Å². The maximum atomic E-state index is 13.6. The van der Waals surface area contributed by atoms with Gasteiger partial charge in [-0.3, -0.25) is 4.79 Å². The van der Waals surface area contributed by atoms with Crippen LogP contribution in [-0.4, -0.2) is 36.4 Å². The van der Waals surface area contributed by atoms with Crippen LogP contribution in [0.2, 0.25) is 0 Å². The minimum atomic E-state index is -0.0869. The fourth-order valence-corrected chi connectivity index (χ4v) is 6.46. The Bertz CT molecular complexity index is 962. The fourth-order valence-electron chi connectivity index (χ4n) is 4.49. The molecule has 2 fully saturated rings. The summed E-state index contributed by atoms with van der Waals surface area (Å²) < 4.78 is 1.03. The lowest BCUT2D eigenvalue weighted by Crippen LogP contribution is -2.48. The number of thioether (sulfide) groups is 1. The number of carbonyl (C=O) groups excluding carboxylic acids is 1. The highest BCUT2D eigenvalue weighted by Gasteiger charge is 2.42. The van der Waals surface area contributed by atoms with Gasteiger partial charge in [-0.05, 0) is 70.6 Å². The molecule has 4 rings (SSSR count). The molecule has 2 aliphatic rings. The number of anilines is 2. The summed E-state index contributed by atoms with van der Waals surface area (Å²) in [7, 11) is 4.05. The number of nitrogens with zero attached hydrogens (tertiary/aromatic N) is 2. The molecule has 0 spiro atoms. The van der Waals surface area contributed by atoms with Gasteiger partial charge in [-0.2, -0.15) is 0 Å². The van der Waals surface area contributed by atoms with E-state index < -0.39 is 0 Å². The number of rotatable bonds is 5. The van der Waals surface area contributed by atoms with Gasteiger partial charge in [0, 0.05) is 30.3 Å². The quantitative estimate of drug-likeness (QED) is 0.482. The van der Waals surface area contributed by atoms with Gasteiger partial charge in [-0.15, -0.1) is 0 Å². The van der Waals surface area contributed by atoms with Crippen LogP contribution in [0.3, 0.4) is 0 Å². The molecular formula is C25H30BrN3OS. The third kappa shape index (κ3) is 4.96. The van der Waals surface area contributed by atoms with Gasteiger partial charge in [-0.1, -0.05) is 55.8 Å². The van der Waals surface area contributed by atoms with Gasteiger partial charge in [0.2, 0.25) is 0 Å². The lowest BCUT2D eigenvalue weighted by molar-refractivity contribution is -0.129. The zero-order valence-corrected chi connectivity index (χ0v) is 20.7. The highest BCUT2D eigenvalue weighted by molar-refractivity contribution is 9.10. The molecule has 0 bridgehead atoms. The van der Waals surface area contributed by atoms with Crippen molar-refractivity contribution in [1.29, 1.82) is 0 Å². The molecule has 1 amide bonds. The van der Waals surface area contributed by atoms with E-state index in [2.05, 4.69) is 68.3 Å². The van der Waals surface area contributed by atoms with E-state index in [0.717, 1.165) is 32.7 Å². The standard InChI is InChI=1S/C25H30BrN3OS/c1-17-9-7-8-12-21(17)29-24(30)23(31-25(29)27-19-10-5-4-6-11-19)16-18-13-14-22(28(2)3)20(26)15-18/h4-6,10-11,13-17,21,25,27H,7-9,12H2,1-3H3/b23-16-/t17-,21-,25?/m1/s1. The van der Waals surface area contributed by atoms with E-state index in [-0.39, 0.29) is 17.4 Å². The van der Waals surface area contributed by atoms with Gasteiger partial charge in [0.1, 0.15) is 0 Å². The first-order valence-corrected chi connectivity index (χ1v) is 12.6. The van der Waals surface area contributed by atoms with Gasteiger partial charge >= 0.3 is 0 Å². The maximum absolute atomic E-state index is 13.6. The molecule has 1 heterocycles. The van der Waals surface area contributed by atoms with Crippen molar-refractivity contribution in [1.82, 2.24) is 4.90 Å². The summed E-state index contributed by atoms with van der Waals surface area (Å²) in [6, 6.07) is 16.7. The van der Waals surface area contributed by atoms with Crippen molar-refractivity contribution < 1.29 is 4.79 Å². The number of hydrogen-bond acceptors (Lipinski definition) is 4. The number of hydrogen-bond donors (Lipinski definition) is 1. The molecule has 6 heteroatoms. The van der Waals surface area contributed by atoms with Crippen LogP contribution in [0.15, 0.2) is 57.9 Å². The SMILES string of the molecule is C[C@@H]1CCCC[C@H]1N1C(=O)/C(=C/c2ccc(N(C)C)c(Br)c2)SC1Nc1ccccc1. The molecular weight excluding hydrogens is 470 g/mol. The monoisotopic (exact) mass is 499 g/mol. The smallest absolute Gasteiger partial charge is 0.262 e. The third-order valence-corrected chi connectivity index (χ3v) is 7.93. The molecule has 164 valence electrons. The lowest BCUT2D eigenvalue weighted by Gasteiger charge is -2.39. The Hall–Kier alpha value is -1.92. The molecule has 31 heavy (non-hydrogen) atoms. The van der Waals surface area contributed by atoms with Crippen molar-refractivity contribution in [2.45, 2.75) is 44.1 Å². The third-order valence-electron chi connectivity index (χ3n) is 6.18. The minimum absolute atomic E-state index is 0.0869. The maximum Gasteiger partial charge on any atom is 0.262 e. The minimum Gasteiger partial charge on any atom is -0.377 e. The zero-order chi connectivity index (χ0) is 22.0. The number of amides is 1. The topological polar surface area (TPSA) is 35.6 Å². The molecule has 2 aromatic carbocycles. The van der Waals surface area contributed by atoms with Crippen LogP contribution in [0, 0.1) is 5.92 Å². The van der Waals surface area contributed by atoms with E-state index in [0.29, 0.717) is 5.92 Å². The second-order valence-corrected chi connectivity index (χ2v) is 10.6. The Kier molecular flexibility index (Phi) is 6.97. The molecule has 1 aliphatic carbocycles. The van der Waals surface area contributed by atoms with Crippen molar-refractivity contribution in [3.63, 3.8) is 0 Å². The number of nitrogens with one attached hydrogen (secondary N) is 1. The molecule has 1 N–H and O–H groups in total. The zero-order valence-electron chi connectivity index (χ0n) is 18.3. The molecule has 1 aliphatic heterocycles. The lowest BCUT2D eigenvalue weighted by atomic mass is 9.85. The van der Waals surface area contributed by atoms with Crippen LogP contribution in [-0.2, 0) is 4.79 Å². The normalized spacial score (nSPS) is 25.2. The van der Waals surface area contributed by atoms with E-state index in [1.165, 1.54) is 19.3 Å². The summed E-state index contributed by atoms with van der Waals surface area (Å²) in [4.78, 5) is 18.6. The molecule has 0 aromatic heterocycles. The first-order chi connectivity index (χ1) is 14.9. The summed E-state index contributed by atoms with van der Waals surface area (Å²) in [5, 5.41) is 3.60. The van der Waals surface area contributed by atoms with Crippen LogP contribution in [0.25, 0.3) is 6.08 Å². The first-order valence-electron chi connectivity index (χ1n) is 10.9. The molecule has 1 unspecified atom stereocenters. The molecule has 3 atom stereocenters. The predicted molar refractivity (Wildman–Crippen MR) is 136 cm³/mol. The second-order valence-electron chi connectivity index (χ2n) is 8.64. The number of benzene rings is 2. The van der Waals surface area contributed by atoms with Crippen LogP contribution < -0.4 is 10.2 Å². The molecule has 4 nitrogen and oxygen atoms in total. The average Bonchev–Trinajstić information content (AvgIpc) is 3.03. The van der Waals surface area contributed by atoms with Crippen LogP contribution in [0.4, 0.5) is 11.4 Å². The Labute approximate surface area is 198 Å². The van der Waals surface area contributed by atoms with Crippen molar-refractivity contribution >= 4 is 51.0 Å². The Morgan fingerprint density at radius 3 is 2.55 bits per heavy atom. The Balaban J connectivity index is 1.64. The van der Waals surface area contributed by atoms with Crippen molar-refractivity contribution in [2.24, 2.45) is 5.92 Å². The van der Waals surface area contributed by atoms with E-state index >= 15 is 0 Å². The Morgan fingerprint density at radius 2 is 1.87 bits per heavy atom. The number of halogens is 1. The van der Waals surface area contributed by atoms with Gasteiger partial charge < -0.3 is 15.1 Å². The van der Waals surface area contributed by atoms with Crippen molar-refractivity contribution in [3.8, 4) is 0 Å². The van der Waals surface area contributed by atoms with Gasteiger partial charge in [-0.25, -0.2) is 0 Å². The summed E-state index contributed by atoms with van der Waals surface area (Å²) >= 11 is 5.29. The second kappa shape index (κ2) is 9.70. The molecule has 2 aromatic rings.